The van der Waals surface area contributed by atoms with Crippen LogP contribution in [0.1, 0.15) is 0 Å². The molecule has 20 heavy (non-hydrogen) atoms. The lowest BCUT2D eigenvalue weighted by Crippen LogP contribution is -2.13. The highest BCUT2D eigenvalue weighted by molar-refractivity contribution is 7.89. The van der Waals surface area contributed by atoms with Gasteiger partial charge in [0.05, 0.1) is 16.6 Å². The average molecular weight is 288 g/mol. The predicted octanol–water partition coefficient (Wildman–Crippen LogP) is 1.46. The first-order valence-corrected chi connectivity index (χ1v) is 7.35. The minimum absolute atomic E-state index is 0.0468. The first-order valence-electron chi connectivity index (χ1n) is 5.81. The van der Waals surface area contributed by atoms with Crippen LogP contribution in [0.5, 0.6) is 0 Å². The lowest BCUT2D eigenvalue weighted by atomic mass is 10.0. The molecule has 0 aliphatic rings. The monoisotopic (exact) mass is 288 g/mol. The zero-order valence-corrected chi connectivity index (χ0v) is 11.2. The van der Waals surface area contributed by atoms with E-state index in [1.54, 1.807) is 18.3 Å². The van der Waals surface area contributed by atoms with E-state index in [4.69, 9.17) is 10.9 Å². The molecule has 0 unspecified atom stereocenters. The molecule has 3 rings (SSSR count). The molecular formula is C13H12N4O2S. The quantitative estimate of drug-likeness (QED) is 0.619. The van der Waals surface area contributed by atoms with Crippen molar-refractivity contribution in [2.24, 2.45) is 5.14 Å². The van der Waals surface area contributed by atoms with Crippen LogP contribution in [0, 0.1) is 0 Å². The molecule has 0 aliphatic carbocycles. The second kappa shape index (κ2) is 4.32. The van der Waals surface area contributed by atoms with Gasteiger partial charge in [-0.05, 0) is 29.8 Å². The van der Waals surface area contributed by atoms with Crippen molar-refractivity contribution in [3.63, 3.8) is 0 Å². The SMILES string of the molecule is Nc1ccc(S(N)(=O)=O)c(-c2ccc3cn[nH]c3c2)c1. The minimum Gasteiger partial charge on any atom is -0.399 e. The van der Waals surface area contributed by atoms with Crippen molar-refractivity contribution in [3.05, 3.63) is 42.6 Å². The smallest absolute Gasteiger partial charge is 0.238 e. The van der Waals surface area contributed by atoms with Gasteiger partial charge in [0.1, 0.15) is 0 Å². The van der Waals surface area contributed by atoms with Gasteiger partial charge in [0.2, 0.25) is 10.0 Å². The number of anilines is 1. The van der Waals surface area contributed by atoms with E-state index in [9.17, 15) is 8.42 Å². The van der Waals surface area contributed by atoms with Crippen molar-refractivity contribution < 1.29 is 8.42 Å². The van der Waals surface area contributed by atoms with E-state index in [1.807, 2.05) is 12.1 Å². The second-order valence-electron chi connectivity index (χ2n) is 4.47. The normalized spacial score (nSPS) is 11.8. The highest BCUT2D eigenvalue weighted by Gasteiger charge is 2.16. The number of rotatable bonds is 2. The summed E-state index contributed by atoms with van der Waals surface area (Å²) >= 11 is 0. The van der Waals surface area contributed by atoms with E-state index >= 15 is 0 Å². The Morgan fingerprint density at radius 1 is 1.10 bits per heavy atom. The molecule has 0 aliphatic heterocycles. The van der Waals surface area contributed by atoms with Gasteiger partial charge in [-0.3, -0.25) is 5.10 Å². The van der Waals surface area contributed by atoms with Crippen LogP contribution in [0.4, 0.5) is 5.69 Å². The molecule has 0 saturated heterocycles. The van der Waals surface area contributed by atoms with Gasteiger partial charge in [-0.25, -0.2) is 13.6 Å². The molecule has 0 fully saturated rings. The van der Waals surface area contributed by atoms with Crippen molar-refractivity contribution in [1.82, 2.24) is 10.2 Å². The fraction of sp³-hybridized carbons (Fsp3) is 0. The Bertz CT molecular complexity index is 900. The van der Waals surface area contributed by atoms with Gasteiger partial charge in [0.15, 0.2) is 0 Å². The summed E-state index contributed by atoms with van der Waals surface area (Å²) in [7, 11) is -3.82. The number of nitrogen functional groups attached to an aromatic ring is 1. The number of H-pyrrole nitrogens is 1. The number of nitrogens with one attached hydrogen (secondary N) is 1. The summed E-state index contributed by atoms with van der Waals surface area (Å²) < 4.78 is 23.3. The van der Waals surface area contributed by atoms with E-state index < -0.39 is 10.0 Å². The molecule has 1 heterocycles. The van der Waals surface area contributed by atoms with Crippen LogP contribution in [-0.4, -0.2) is 18.6 Å². The highest BCUT2D eigenvalue weighted by atomic mass is 32.2. The fourth-order valence-corrected chi connectivity index (χ4v) is 2.87. The number of nitrogens with two attached hydrogens (primary N) is 2. The number of nitrogens with zero attached hydrogens (tertiary/aromatic N) is 1. The largest absolute Gasteiger partial charge is 0.399 e. The number of hydrogen-bond donors (Lipinski definition) is 3. The first kappa shape index (κ1) is 12.6. The summed E-state index contributed by atoms with van der Waals surface area (Å²) in [5.74, 6) is 0. The summed E-state index contributed by atoms with van der Waals surface area (Å²) in [6.07, 6.45) is 1.69. The predicted molar refractivity (Wildman–Crippen MR) is 77.3 cm³/mol. The summed E-state index contributed by atoms with van der Waals surface area (Å²) in [5.41, 5.74) is 8.21. The number of fused-ring (bicyclic) bond motifs is 1. The van der Waals surface area contributed by atoms with Crippen molar-refractivity contribution in [2.45, 2.75) is 4.90 Å². The standard InChI is InChI=1S/C13H12N4O2S/c14-10-3-4-13(20(15,18)19)11(6-10)8-1-2-9-7-16-17-12(9)5-8/h1-7H,14H2,(H,16,17)(H2,15,18,19). The maximum absolute atomic E-state index is 11.7. The maximum Gasteiger partial charge on any atom is 0.238 e. The third-order valence-electron chi connectivity index (χ3n) is 3.06. The molecule has 6 nitrogen and oxygen atoms in total. The number of primary sulfonamides is 1. The molecular weight excluding hydrogens is 276 g/mol. The Kier molecular flexibility index (Phi) is 2.73. The second-order valence-corrected chi connectivity index (χ2v) is 6.00. The third kappa shape index (κ3) is 2.13. The van der Waals surface area contributed by atoms with Gasteiger partial charge < -0.3 is 5.73 Å². The van der Waals surface area contributed by atoms with Crippen LogP contribution in [0.15, 0.2) is 47.5 Å². The Labute approximate surface area is 115 Å². The number of hydrogen-bond acceptors (Lipinski definition) is 4. The van der Waals surface area contributed by atoms with Crippen LogP contribution in [0.2, 0.25) is 0 Å². The topological polar surface area (TPSA) is 115 Å². The Balaban J connectivity index is 2.29. The molecule has 1 aromatic heterocycles. The zero-order chi connectivity index (χ0) is 14.3. The molecule has 5 N–H and O–H groups in total. The number of aromatic amines is 1. The van der Waals surface area contributed by atoms with E-state index in [0.29, 0.717) is 16.8 Å². The zero-order valence-electron chi connectivity index (χ0n) is 10.4. The Morgan fingerprint density at radius 3 is 2.65 bits per heavy atom. The summed E-state index contributed by atoms with van der Waals surface area (Å²) in [6.45, 7) is 0. The maximum atomic E-state index is 11.7. The molecule has 102 valence electrons. The van der Waals surface area contributed by atoms with Gasteiger partial charge in [0, 0.05) is 16.6 Å². The molecule has 0 atom stereocenters. The Morgan fingerprint density at radius 2 is 1.90 bits per heavy atom. The molecule has 0 bridgehead atoms. The van der Waals surface area contributed by atoms with Crippen LogP contribution < -0.4 is 10.9 Å². The number of benzene rings is 2. The van der Waals surface area contributed by atoms with Crippen molar-refractivity contribution in [3.8, 4) is 11.1 Å². The van der Waals surface area contributed by atoms with Gasteiger partial charge in [-0.2, -0.15) is 5.10 Å². The van der Waals surface area contributed by atoms with Gasteiger partial charge in [-0.1, -0.05) is 12.1 Å². The van der Waals surface area contributed by atoms with E-state index in [0.717, 1.165) is 10.9 Å². The molecule has 3 aromatic rings. The molecule has 0 amide bonds. The molecule has 0 radical (unpaired) electrons. The fourth-order valence-electron chi connectivity index (χ4n) is 2.13. The van der Waals surface area contributed by atoms with Crippen molar-refractivity contribution in [2.75, 3.05) is 5.73 Å². The van der Waals surface area contributed by atoms with Crippen LogP contribution in [0.25, 0.3) is 22.0 Å². The Hall–Kier alpha value is -2.38. The third-order valence-corrected chi connectivity index (χ3v) is 4.03. The number of sulfonamides is 1. The number of aromatic nitrogens is 2. The average Bonchev–Trinajstić information content (AvgIpc) is 2.84. The molecule has 2 aromatic carbocycles. The van der Waals surface area contributed by atoms with Crippen molar-refractivity contribution in [1.29, 1.82) is 0 Å². The van der Waals surface area contributed by atoms with Crippen molar-refractivity contribution >= 4 is 26.6 Å². The highest BCUT2D eigenvalue weighted by Crippen LogP contribution is 2.30. The van der Waals surface area contributed by atoms with Crippen LogP contribution >= 0.6 is 0 Å². The lowest BCUT2D eigenvalue weighted by molar-refractivity contribution is 0.598. The lowest BCUT2D eigenvalue weighted by Gasteiger charge is -2.09. The first-order chi connectivity index (χ1) is 9.45. The van der Waals surface area contributed by atoms with E-state index in [-0.39, 0.29) is 4.90 Å². The molecule has 0 spiro atoms. The molecule has 7 heteroatoms. The van der Waals surface area contributed by atoms with E-state index in [2.05, 4.69) is 10.2 Å². The van der Waals surface area contributed by atoms with Gasteiger partial charge >= 0.3 is 0 Å². The summed E-state index contributed by atoms with van der Waals surface area (Å²) in [5, 5.41) is 13.0. The molecule has 0 saturated carbocycles. The van der Waals surface area contributed by atoms with E-state index in [1.165, 1.54) is 12.1 Å². The summed E-state index contributed by atoms with van der Waals surface area (Å²) in [6, 6.07) is 9.99. The van der Waals surface area contributed by atoms with Gasteiger partial charge in [-0.15, -0.1) is 0 Å². The van der Waals surface area contributed by atoms with Gasteiger partial charge in [0.25, 0.3) is 0 Å². The van der Waals surface area contributed by atoms with Crippen LogP contribution in [-0.2, 0) is 10.0 Å². The van der Waals surface area contributed by atoms with Crippen LogP contribution in [0.3, 0.4) is 0 Å². The minimum atomic E-state index is -3.82. The summed E-state index contributed by atoms with van der Waals surface area (Å²) in [4.78, 5) is 0.0468.